The second kappa shape index (κ2) is 9.37. The number of fused-ring (bicyclic) bond motifs is 1. The maximum Gasteiger partial charge on any atom is 0.272 e. The van der Waals surface area contributed by atoms with Gasteiger partial charge in [0.05, 0.1) is 37.2 Å². The molecule has 1 aromatic heterocycles. The minimum atomic E-state index is -0.488. The van der Waals surface area contributed by atoms with E-state index >= 15 is 0 Å². The zero-order valence-corrected chi connectivity index (χ0v) is 16.8. The average molecular weight is 416 g/mol. The van der Waals surface area contributed by atoms with E-state index in [4.69, 9.17) is 15.7 Å². The van der Waals surface area contributed by atoms with E-state index in [9.17, 15) is 9.59 Å². The van der Waals surface area contributed by atoms with Crippen molar-refractivity contribution >= 4 is 34.0 Å². The number of rotatable bonds is 7. The van der Waals surface area contributed by atoms with E-state index in [1.165, 1.54) is 19.4 Å². The van der Waals surface area contributed by atoms with Crippen molar-refractivity contribution in [1.29, 1.82) is 5.26 Å². The van der Waals surface area contributed by atoms with E-state index in [1.807, 2.05) is 18.2 Å². The van der Waals surface area contributed by atoms with Crippen LogP contribution in [0.3, 0.4) is 0 Å². The van der Waals surface area contributed by atoms with E-state index in [0.29, 0.717) is 22.4 Å². The lowest BCUT2D eigenvalue weighted by atomic mass is 10.0. The first-order valence-corrected chi connectivity index (χ1v) is 9.30. The lowest BCUT2D eigenvalue weighted by Gasteiger charge is -2.13. The lowest BCUT2D eigenvalue weighted by molar-refractivity contribution is -0.111. The van der Waals surface area contributed by atoms with E-state index in [2.05, 4.69) is 27.2 Å². The summed E-state index contributed by atoms with van der Waals surface area (Å²) in [6.45, 7) is 3.67. The van der Waals surface area contributed by atoms with Gasteiger partial charge in [0.2, 0.25) is 5.91 Å². The van der Waals surface area contributed by atoms with Gasteiger partial charge in [0, 0.05) is 17.5 Å². The van der Waals surface area contributed by atoms with Crippen molar-refractivity contribution in [3.05, 3.63) is 54.9 Å². The number of methoxy groups -OCH3 is 1. The van der Waals surface area contributed by atoms with Gasteiger partial charge in [0.15, 0.2) is 11.5 Å². The molecule has 3 aromatic rings. The molecule has 2 amide bonds. The van der Waals surface area contributed by atoms with Crippen molar-refractivity contribution in [3.63, 3.8) is 0 Å². The molecule has 2 aromatic carbocycles. The second-order valence-electron chi connectivity index (χ2n) is 6.43. The number of benzene rings is 2. The second-order valence-corrected chi connectivity index (χ2v) is 6.43. The molecule has 9 nitrogen and oxygen atoms in total. The van der Waals surface area contributed by atoms with Crippen LogP contribution in [0.2, 0.25) is 0 Å². The topological polar surface area (TPSA) is 143 Å². The van der Waals surface area contributed by atoms with Crippen LogP contribution in [-0.2, 0) is 4.79 Å². The number of nitrogens with one attached hydrogen (secondary N) is 2. The van der Waals surface area contributed by atoms with Crippen LogP contribution in [0.5, 0.6) is 5.75 Å². The molecule has 0 unspecified atom stereocenters. The van der Waals surface area contributed by atoms with Gasteiger partial charge in [0.25, 0.3) is 5.91 Å². The van der Waals surface area contributed by atoms with Gasteiger partial charge in [-0.1, -0.05) is 24.8 Å². The maximum absolute atomic E-state index is 12.4. The fraction of sp³-hybridized carbons (Fsp3) is 0.136. The first-order chi connectivity index (χ1) is 15.0. The molecule has 4 N–H and O–H groups in total. The van der Waals surface area contributed by atoms with E-state index < -0.39 is 5.91 Å². The fourth-order valence-electron chi connectivity index (χ4n) is 2.94. The molecule has 0 spiro atoms. The minimum absolute atomic E-state index is 0.0221. The number of carbonyl (C=O) groups is 2. The van der Waals surface area contributed by atoms with Gasteiger partial charge in [0.1, 0.15) is 5.75 Å². The first-order valence-electron chi connectivity index (χ1n) is 9.30. The Labute approximate surface area is 178 Å². The molecule has 0 fully saturated rings. The molecule has 3 rings (SSSR count). The van der Waals surface area contributed by atoms with Crippen molar-refractivity contribution in [2.24, 2.45) is 0 Å². The fourth-order valence-corrected chi connectivity index (χ4v) is 2.94. The molecule has 1 heterocycles. The zero-order valence-electron chi connectivity index (χ0n) is 16.8. The van der Waals surface area contributed by atoms with E-state index in [1.54, 1.807) is 18.2 Å². The third-order valence-corrected chi connectivity index (χ3v) is 4.45. The molecule has 0 bridgehead atoms. The van der Waals surface area contributed by atoms with Gasteiger partial charge in [-0.15, -0.1) is 0 Å². The number of nitrogen functional groups attached to an aromatic ring is 1. The third-order valence-electron chi connectivity index (χ3n) is 4.45. The summed E-state index contributed by atoms with van der Waals surface area (Å²) in [4.78, 5) is 32.8. The average Bonchev–Trinajstić information content (AvgIpc) is 2.79. The number of hydrogen-bond acceptors (Lipinski definition) is 7. The van der Waals surface area contributed by atoms with Gasteiger partial charge < -0.3 is 21.1 Å². The molecule has 9 heteroatoms. The predicted octanol–water partition coefficient (Wildman–Crippen LogP) is 2.66. The highest BCUT2D eigenvalue weighted by atomic mass is 16.5. The molecular weight excluding hydrogens is 396 g/mol. The number of hydrogen-bond donors (Lipinski definition) is 3. The highest BCUT2D eigenvalue weighted by Crippen LogP contribution is 2.35. The monoisotopic (exact) mass is 416 g/mol. The molecule has 0 aliphatic heterocycles. The largest absolute Gasteiger partial charge is 0.495 e. The number of anilines is 2. The maximum atomic E-state index is 12.4. The van der Waals surface area contributed by atoms with Crippen LogP contribution in [0.1, 0.15) is 16.9 Å². The molecule has 0 aliphatic carbocycles. The van der Waals surface area contributed by atoms with E-state index in [0.717, 1.165) is 5.39 Å². The Kier molecular flexibility index (Phi) is 6.42. The van der Waals surface area contributed by atoms with Gasteiger partial charge in [-0.25, -0.2) is 9.97 Å². The first kappa shape index (κ1) is 21.3. The summed E-state index contributed by atoms with van der Waals surface area (Å²) < 4.78 is 5.38. The number of amides is 2. The Balaban J connectivity index is 2.07. The number of aromatic nitrogens is 2. The number of ether oxygens (including phenoxy) is 1. The highest BCUT2D eigenvalue weighted by molar-refractivity contribution is 6.08. The molecule has 0 saturated carbocycles. The van der Waals surface area contributed by atoms with Crippen LogP contribution in [0, 0.1) is 11.3 Å². The summed E-state index contributed by atoms with van der Waals surface area (Å²) >= 11 is 0. The number of nitrogens with zero attached hydrogens (tertiary/aromatic N) is 3. The van der Waals surface area contributed by atoms with Gasteiger partial charge in [-0.05, 0) is 23.6 Å². The normalized spacial score (nSPS) is 10.2. The van der Waals surface area contributed by atoms with Crippen LogP contribution in [0.15, 0.2) is 49.2 Å². The summed E-state index contributed by atoms with van der Waals surface area (Å²) in [5.74, 6) is -0.102. The van der Waals surface area contributed by atoms with Crippen LogP contribution in [0.4, 0.5) is 11.4 Å². The summed E-state index contributed by atoms with van der Waals surface area (Å²) in [5, 5.41) is 15.5. The summed E-state index contributed by atoms with van der Waals surface area (Å²) in [5.41, 5.74) is 7.11. The van der Waals surface area contributed by atoms with Crippen molar-refractivity contribution in [2.45, 2.75) is 6.42 Å². The number of nitrogens with two attached hydrogens (primary N) is 1. The Hall–Kier alpha value is -4.45. The Morgan fingerprint density at radius 2 is 2.10 bits per heavy atom. The van der Waals surface area contributed by atoms with Crippen molar-refractivity contribution in [2.75, 3.05) is 24.7 Å². The Morgan fingerprint density at radius 1 is 1.32 bits per heavy atom. The number of carbonyl (C=O) groups excluding carboxylic acids is 2. The highest BCUT2D eigenvalue weighted by Gasteiger charge is 2.16. The summed E-state index contributed by atoms with van der Waals surface area (Å²) in [6, 6.07) is 11.0. The molecule has 31 heavy (non-hydrogen) atoms. The van der Waals surface area contributed by atoms with Crippen LogP contribution >= 0.6 is 0 Å². The SMILES string of the molecule is C=CC(=O)Nc1c(OC)ccc2ccc(-c3ncc(N)c(C(=O)NCCC#N)n3)cc12. The minimum Gasteiger partial charge on any atom is -0.495 e. The van der Waals surface area contributed by atoms with Crippen LogP contribution in [0.25, 0.3) is 22.2 Å². The van der Waals surface area contributed by atoms with Gasteiger partial charge in [-0.3, -0.25) is 9.59 Å². The quantitative estimate of drug-likeness (QED) is 0.397. The van der Waals surface area contributed by atoms with E-state index in [-0.39, 0.29) is 36.1 Å². The van der Waals surface area contributed by atoms with Crippen LogP contribution in [-0.4, -0.2) is 35.4 Å². The van der Waals surface area contributed by atoms with Crippen molar-refractivity contribution < 1.29 is 14.3 Å². The summed E-state index contributed by atoms with van der Waals surface area (Å²) in [6.07, 6.45) is 2.70. The van der Waals surface area contributed by atoms with Crippen molar-refractivity contribution in [1.82, 2.24) is 15.3 Å². The molecule has 0 aliphatic rings. The molecule has 156 valence electrons. The smallest absolute Gasteiger partial charge is 0.272 e. The Morgan fingerprint density at radius 3 is 2.81 bits per heavy atom. The molecule has 0 radical (unpaired) electrons. The number of nitriles is 1. The molecular formula is C22H20N6O3. The van der Waals surface area contributed by atoms with Crippen LogP contribution < -0.4 is 21.1 Å². The third kappa shape index (κ3) is 4.59. The summed E-state index contributed by atoms with van der Waals surface area (Å²) in [7, 11) is 1.51. The molecule has 0 atom stereocenters. The van der Waals surface area contributed by atoms with Gasteiger partial charge >= 0.3 is 0 Å². The lowest BCUT2D eigenvalue weighted by Crippen LogP contribution is -2.26. The zero-order chi connectivity index (χ0) is 22.4. The standard InChI is InChI=1S/C22H20N6O3/c1-3-18(29)27-19-15-11-14(6-5-13(15)7-8-17(19)31-2)21-26-12-16(24)20(28-21)22(30)25-10-4-9-23/h3,5-8,11-12H,1,4,10,24H2,2H3,(H,25,30)(H,27,29). The Bertz CT molecular complexity index is 1220. The van der Waals surface area contributed by atoms with Gasteiger partial charge in [-0.2, -0.15) is 5.26 Å². The predicted molar refractivity (Wildman–Crippen MR) is 117 cm³/mol. The molecule has 0 saturated heterocycles. The van der Waals surface area contributed by atoms with Crippen molar-refractivity contribution in [3.8, 4) is 23.2 Å².